The van der Waals surface area contributed by atoms with Gasteiger partial charge < -0.3 is 24.2 Å². The number of ether oxygens (including phenoxy) is 2. The summed E-state index contributed by atoms with van der Waals surface area (Å²) >= 11 is 0. The fourth-order valence-electron chi connectivity index (χ4n) is 8.10. The molecule has 5 aliphatic rings. The first-order chi connectivity index (χ1) is 21.9. The molecule has 5 heterocycles. The molecule has 3 unspecified atom stereocenters. The van der Waals surface area contributed by atoms with Crippen molar-refractivity contribution in [2.75, 3.05) is 62.3 Å². The minimum atomic E-state index is -0.327. The lowest BCUT2D eigenvalue weighted by Gasteiger charge is -2.49. The number of hydrogen-bond donors (Lipinski definition) is 1. The third-order valence-corrected chi connectivity index (χ3v) is 10.8. The van der Waals surface area contributed by atoms with Crippen molar-refractivity contribution in [1.82, 2.24) is 15.1 Å². The van der Waals surface area contributed by atoms with Crippen LogP contribution in [-0.4, -0.2) is 98.2 Å². The standard InChI is InChI=1S/C35H45N5O5/c1-25(7-10-32(42)36-24-41)40-21-30-29(34(40)43)8-9-31-33(30)44-23-28-20-37(17-18-39(28)31)19-26-11-12-35(45-22-26)13-15-38(16-14-35)27-5-3-2-4-6-27/h2-6,8-9,24-26,28H,7,10-23H2,1H3,(H,36,41,42). The molecule has 45 heavy (non-hydrogen) atoms. The molecule has 2 aromatic carbocycles. The number of rotatable bonds is 8. The molecule has 2 aromatic rings. The van der Waals surface area contributed by atoms with E-state index in [9.17, 15) is 14.4 Å². The Hall–Kier alpha value is -3.63. The van der Waals surface area contributed by atoms with Crippen LogP contribution in [0.1, 0.15) is 61.4 Å². The van der Waals surface area contributed by atoms with Gasteiger partial charge in [0.15, 0.2) is 0 Å². The smallest absolute Gasteiger partial charge is 0.254 e. The van der Waals surface area contributed by atoms with Crippen LogP contribution >= 0.6 is 0 Å². The van der Waals surface area contributed by atoms with Crippen molar-refractivity contribution in [1.29, 1.82) is 0 Å². The molecule has 0 saturated carbocycles. The van der Waals surface area contributed by atoms with Crippen LogP contribution in [0.2, 0.25) is 0 Å². The highest BCUT2D eigenvalue weighted by Crippen LogP contribution is 2.44. The Balaban J connectivity index is 0.911. The van der Waals surface area contributed by atoms with E-state index in [1.54, 1.807) is 0 Å². The molecule has 10 nitrogen and oxygen atoms in total. The zero-order chi connectivity index (χ0) is 31.0. The van der Waals surface area contributed by atoms with Crippen molar-refractivity contribution in [3.8, 4) is 5.75 Å². The van der Waals surface area contributed by atoms with Crippen molar-refractivity contribution in [2.24, 2.45) is 5.92 Å². The second kappa shape index (κ2) is 12.6. The van der Waals surface area contributed by atoms with Gasteiger partial charge in [-0.3, -0.25) is 24.6 Å². The molecule has 240 valence electrons. The maximum Gasteiger partial charge on any atom is 0.254 e. The number of amides is 3. The molecule has 3 saturated heterocycles. The molecule has 0 bridgehead atoms. The number of nitrogens with zero attached hydrogens (tertiary/aromatic N) is 4. The normalized spacial score (nSPS) is 24.8. The van der Waals surface area contributed by atoms with Crippen LogP contribution in [0.3, 0.4) is 0 Å². The molecule has 0 radical (unpaired) electrons. The molecule has 1 spiro atoms. The van der Waals surface area contributed by atoms with Gasteiger partial charge in [0, 0.05) is 68.5 Å². The number of imide groups is 1. The van der Waals surface area contributed by atoms with E-state index in [1.165, 1.54) is 12.1 Å². The van der Waals surface area contributed by atoms with Crippen LogP contribution in [0.25, 0.3) is 0 Å². The van der Waals surface area contributed by atoms with Gasteiger partial charge in [-0.05, 0) is 69.2 Å². The quantitative estimate of drug-likeness (QED) is 0.452. The summed E-state index contributed by atoms with van der Waals surface area (Å²) in [5, 5.41) is 2.17. The Labute approximate surface area is 265 Å². The Kier molecular flexibility index (Phi) is 8.44. The lowest BCUT2D eigenvalue weighted by molar-refractivity contribution is -0.125. The van der Waals surface area contributed by atoms with Gasteiger partial charge >= 0.3 is 0 Å². The first-order valence-electron chi connectivity index (χ1n) is 16.7. The molecular formula is C35H45N5O5. The number of hydrogen-bond acceptors (Lipinski definition) is 8. The molecule has 10 heteroatoms. The van der Waals surface area contributed by atoms with Crippen molar-refractivity contribution in [2.45, 2.75) is 69.7 Å². The number of para-hydroxylation sites is 1. The van der Waals surface area contributed by atoms with Crippen LogP contribution in [0.4, 0.5) is 11.4 Å². The largest absolute Gasteiger partial charge is 0.489 e. The number of carbonyl (C=O) groups excluding carboxylic acids is 3. The minimum absolute atomic E-state index is 0.0233. The molecule has 3 amide bonds. The summed E-state index contributed by atoms with van der Waals surface area (Å²) in [5.74, 6) is 1.05. The maximum absolute atomic E-state index is 13.3. The number of carbonyl (C=O) groups is 3. The number of piperazine rings is 1. The maximum atomic E-state index is 13.3. The summed E-state index contributed by atoms with van der Waals surface area (Å²) in [6.07, 6.45) is 5.69. The monoisotopic (exact) mass is 615 g/mol. The van der Waals surface area contributed by atoms with E-state index in [-0.39, 0.29) is 35.9 Å². The molecular weight excluding hydrogens is 570 g/mol. The zero-order valence-corrected chi connectivity index (χ0v) is 26.3. The summed E-state index contributed by atoms with van der Waals surface area (Å²) in [6, 6.07) is 14.9. The average molecular weight is 616 g/mol. The summed E-state index contributed by atoms with van der Waals surface area (Å²) in [4.78, 5) is 44.9. The van der Waals surface area contributed by atoms with Crippen LogP contribution in [-0.2, 0) is 20.9 Å². The van der Waals surface area contributed by atoms with E-state index >= 15 is 0 Å². The van der Waals surface area contributed by atoms with Crippen LogP contribution in [0.5, 0.6) is 5.75 Å². The Bertz CT molecular complexity index is 1400. The lowest BCUT2D eigenvalue weighted by Crippen LogP contribution is -2.58. The van der Waals surface area contributed by atoms with Gasteiger partial charge in [0.2, 0.25) is 12.3 Å². The molecule has 0 aromatic heterocycles. The van der Waals surface area contributed by atoms with Crippen molar-refractivity contribution >= 4 is 29.6 Å². The third-order valence-electron chi connectivity index (χ3n) is 10.8. The predicted octanol–water partition coefficient (Wildman–Crippen LogP) is 3.43. The average Bonchev–Trinajstić information content (AvgIpc) is 3.42. The summed E-state index contributed by atoms with van der Waals surface area (Å²) in [6.45, 7) is 10.0. The highest BCUT2D eigenvalue weighted by Gasteiger charge is 2.42. The Morgan fingerprint density at radius 3 is 2.64 bits per heavy atom. The first kappa shape index (κ1) is 30.0. The van der Waals surface area contributed by atoms with E-state index in [0.717, 1.165) is 82.1 Å². The van der Waals surface area contributed by atoms with Gasteiger partial charge in [-0.25, -0.2) is 0 Å². The van der Waals surface area contributed by atoms with Gasteiger partial charge in [0.05, 0.1) is 30.5 Å². The van der Waals surface area contributed by atoms with Crippen LogP contribution in [0, 0.1) is 5.92 Å². The van der Waals surface area contributed by atoms with E-state index < -0.39 is 0 Å². The number of benzene rings is 2. The molecule has 3 fully saturated rings. The predicted molar refractivity (Wildman–Crippen MR) is 172 cm³/mol. The van der Waals surface area contributed by atoms with Crippen LogP contribution in [0.15, 0.2) is 42.5 Å². The topological polar surface area (TPSA) is 94.7 Å². The van der Waals surface area contributed by atoms with Crippen molar-refractivity contribution < 1.29 is 23.9 Å². The lowest BCUT2D eigenvalue weighted by atomic mass is 9.81. The number of nitrogens with one attached hydrogen (secondary N) is 1. The zero-order valence-electron chi connectivity index (χ0n) is 26.3. The summed E-state index contributed by atoms with van der Waals surface area (Å²) < 4.78 is 13.1. The molecule has 7 rings (SSSR count). The second-order valence-electron chi connectivity index (χ2n) is 13.6. The van der Waals surface area contributed by atoms with Gasteiger partial charge in [0.1, 0.15) is 12.4 Å². The van der Waals surface area contributed by atoms with E-state index in [2.05, 4.69) is 56.4 Å². The highest BCUT2D eigenvalue weighted by molar-refractivity contribution is 6.00. The van der Waals surface area contributed by atoms with Gasteiger partial charge in [-0.15, -0.1) is 0 Å². The Morgan fingerprint density at radius 2 is 1.89 bits per heavy atom. The van der Waals surface area contributed by atoms with E-state index in [1.807, 2.05) is 17.9 Å². The number of piperidine rings is 1. The fourth-order valence-corrected chi connectivity index (χ4v) is 8.10. The molecule has 0 aliphatic carbocycles. The molecule has 5 aliphatic heterocycles. The fraction of sp³-hybridized carbons (Fsp3) is 0.571. The number of anilines is 2. The van der Waals surface area contributed by atoms with Crippen LogP contribution < -0.4 is 19.9 Å². The summed E-state index contributed by atoms with van der Waals surface area (Å²) in [7, 11) is 0. The van der Waals surface area contributed by atoms with Gasteiger partial charge in [-0.1, -0.05) is 18.2 Å². The molecule has 3 atom stereocenters. The second-order valence-corrected chi connectivity index (χ2v) is 13.6. The van der Waals surface area contributed by atoms with Gasteiger partial charge in [-0.2, -0.15) is 0 Å². The van der Waals surface area contributed by atoms with Gasteiger partial charge in [0.25, 0.3) is 5.91 Å². The first-order valence-corrected chi connectivity index (χ1v) is 16.7. The summed E-state index contributed by atoms with van der Waals surface area (Å²) in [5.41, 5.74) is 4.10. The van der Waals surface area contributed by atoms with E-state index in [0.29, 0.717) is 37.5 Å². The van der Waals surface area contributed by atoms with Crippen molar-refractivity contribution in [3.63, 3.8) is 0 Å². The Morgan fingerprint density at radius 1 is 1.07 bits per heavy atom. The minimum Gasteiger partial charge on any atom is -0.489 e. The molecule has 1 N–H and O–H groups in total. The van der Waals surface area contributed by atoms with Crippen molar-refractivity contribution in [3.05, 3.63) is 53.6 Å². The van der Waals surface area contributed by atoms with E-state index in [4.69, 9.17) is 9.47 Å². The highest BCUT2D eigenvalue weighted by atomic mass is 16.5. The third kappa shape index (κ3) is 6.02. The number of fused-ring (bicyclic) bond motifs is 5. The SMILES string of the molecule is CC(CCC(=O)NC=O)N1Cc2c(ccc3c2OCC2CN(CC4CCC5(CCN(c6ccccc6)CC5)OC4)CCN32)C1=O.